The number of rotatable bonds is 4. The predicted octanol–water partition coefficient (Wildman–Crippen LogP) is 3.74. The molecule has 1 fully saturated rings. The molecule has 0 aromatic heterocycles. The van der Waals surface area contributed by atoms with Crippen LogP contribution in [-0.4, -0.2) is 20.7 Å². The molecule has 2 rings (SSSR count). The van der Waals surface area contributed by atoms with Crippen LogP contribution < -0.4 is 10.1 Å². The largest absolute Gasteiger partial charge is 0.497 e. The monoisotopic (exact) mass is 261 g/mol. The fraction of sp³-hybridized carbons (Fsp3) is 0.647. The highest BCUT2D eigenvalue weighted by atomic mass is 16.5. The van der Waals surface area contributed by atoms with E-state index in [1.807, 2.05) is 0 Å². The van der Waals surface area contributed by atoms with Crippen LogP contribution >= 0.6 is 0 Å². The second kappa shape index (κ2) is 6.42. The zero-order valence-corrected chi connectivity index (χ0v) is 12.7. The normalized spacial score (nSPS) is 27.3. The third-order valence-electron chi connectivity index (χ3n) is 4.60. The van der Waals surface area contributed by atoms with Crippen LogP contribution in [0.5, 0.6) is 5.75 Å². The summed E-state index contributed by atoms with van der Waals surface area (Å²) in [5.41, 5.74) is 2.90. The summed E-state index contributed by atoms with van der Waals surface area (Å²) >= 11 is 0. The highest BCUT2D eigenvalue weighted by molar-refractivity contribution is 5.37. The highest BCUT2D eigenvalue weighted by Crippen LogP contribution is 2.41. The Balaban J connectivity index is 2.25. The second-order valence-electron chi connectivity index (χ2n) is 6.06. The molecule has 1 aromatic rings. The van der Waals surface area contributed by atoms with E-state index in [4.69, 9.17) is 4.74 Å². The van der Waals surface area contributed by atoms with E-state index in [-0.39, 0.29) is 0 Å². The number of benzene rings is 1. The van der Waals surface area contributed by atoms with Crippen molar-refractivity contribution in [1.82, 2.24) is 5.32 Å². The summed E-state index contributed by atoms with van der Waals surface area (Å²) in [4.78, 5) is 0. The van der Waals surface area contributed by atoms with Crippen molar-refractivity contribution in [3.8, 4) is 5.75 Å². The van der Waals surface area contributed by atoms with Gasteiger partial charge in [-0.15, -0.1) is 0 Å². The van der Waals surface area contributed by atoms with E-state index in [2.05, 4.69) is 44.4 Å². The van der Waals surface area contributed by atoms with Gasteiger partial charge in [0.15, 0.2) is 0 Å². The molecule has 0 aliphatic heterocycles. The minimum Gasteiger partial charge on any atom is -0.497 e. The van der Waals surface area contributed by atoms with Gasteiger partial charge in [-0.2, -0.15) is 0 Å². The van der Waals surface area contributed by atoms with Crippen LogP contribution in [0.2, 0.25) is 0 Å². The van der Waals surface area contributed by atoms with E-state index in [0.29, 0.717) is 5.92 Å². The van der Waals surface area contributed by atoms with Crippen molar-refractivity contribution >= 4 is 0 Å². The van der Waals surface area contributed by atoms with Crippen LogP contribution in [0, 0.1) is 18.8 Å². The third-order valence-corrected chi connectivity index (χ3v) is 4.60. The first-order valence-corrected chi connectivity index (χ1v) is 7.44. The summed E-state index contributed by atoms with van der Waals surface area (Å²) in [5, 5.41) is 3.37. The lowest BCUT2D eigenvalue weighted by atomic mass is 9.70. The molecule has 1 aliphatic carbocycles. The molecule has 106 valence electrons. The van der Waals surface area contributed by atoms with Gasteiger partial charge in [-0.05, 0) is 74.4 Å². The Kier molecular flexibility index (Phi) is 4.87. The first-order chi connectivity index (χ1) is 9.15. The molecule has 19 heavy (non-hydrogen) atoms. The summed E-state index contributed by atoms with van der Waals surface area (Å²) in [5.74, 6) is 3.28. The molecule has 2 nitrogen and oxygen atoms in total. The van der Waals surface area contributed by atoms with Gasteiger partial charge < -0.3 is 10.1 Å². The smallest absolute Gasteiger partial charge is 0.119 e. The molecule has 0 amide bonds. The molecule has 0 radical (unpaired) electrons. The van der Waals surface area contributed by atoms with Gasteiger partial charge >= 0.3 is 0 Å². The first-order valence-electron chi connectivity index (χ1n) is 7.44. The highest BCUT2D eigenvalue weighted by Gasteiger charge is 2.30. The van der Waals surface area contributed by atoms with Gasteiger partial charge in [-0.1, -0.05) is 19.4 Å². The van der Waals surface area contributed by atoms with E-state index in [1.165, 1.54) is 30.4 Å². The quantitative estimate of drug-likeness (QED) is 0.891. The fourth-order valence-electron chi connectivity index (χ4n) is 3.52. The molecule has 0 saturated heterocycles. The third kappa shape index (κ3) is 3.30. The van der Waals surface area contributed by atoms with Crippen LogP contribution in [0.3, 0.4) is 0 Å². The van der Waals surface area contributed by atoms with Crippen LogP contribution in [0.1, 0.15) is 43.2 Å². The van der Waals surface area contributed by atoms with Crippen LogP contribution in [0.15, 0.2) is 18.2 Å². The van der Waals surface area contributed by atoms with Gasteiger partial charge in [-0.3, -0.25) is 0 Å². The average molecular weight is 261 g/mol. The van der Waals surface area contributed by atoms with Crippen molar-refractivity contribution in [3.63, 3.8) is 0 Å². The molecule has 1 N–H and O–H groups in total. The van der Waals surface area contributed by atoms with Crippen molar-refractivity contribution in [2.45, 2.75) is 39.0 Å². The molecule has 0 heterocycles. The van der Waals surface area contributed by atoms with Gasteiger partial charge in [-0.25, -0.2) is 0 Å². The lowest BCUT2D eigenvalue weighted by Gasteiger charge is -2.36. The molecule has 3 unspecified atom stereocenters. The van der Waals surface area contributed by atoms with Crippen molar-refractivity contribution in [1.29, 1.82) is 0 Å². The standard InChI is InChI=1S/C17H27NO/c1-12-5-6-14(11-18-3)17(9-12)16-8-7-15(19-4)10-13(16)2/h7-8,10,12,14,17-18H,5-6,9,11H2,1-4H3. The van der Waals surface area contributed by atoms with Gasteiger partial charge in [0.2, 0.25) is 0 Å². The number of hydrogen-bond donors (Lipinski definition) is 1. The Labute approximate surface area is 117 Å². The van der Waals surface area contributed by atoms with Crippen molar-refractivity contribution in [2.75, 3.05) is 20.7 Å². The first kappa shape index (κ1) is 14.4. The Morgan fingerprint density at radius 3 is 2.74 bits per heavy atom. The maximum absolute atomic E-state index is 5.32. The Bertz CT molecular complexity index is 416. The Morgan fingerprint density at radius 1 is 1.32 bits per heavy atom. The SMILES string of the molecule is CNCC1CCC(C)CC1c1ccc(OC)cc1C. The summed E-state index contributed by atoms with van der Waals surface area (Å²) < 4.78 is 5.32. The number of aryl methyl sites for hydroxylation is 1. The zero-order chi connectivity index (χ0) is 13.8. The zero-order valence-electron chi connectivity index (χ0n) is 12.7. The van der Waals surface area contributed by atoms with Crippen LogP contribution in [-0.2, 0) is 0 Å². The van der Waals surface area contributed by atoms with Crippen molar-refractivity contribution in [3.05, 3.63) is 29.3 Å². The predicted molar refractivity (Wildman–Crippen MR) is 80.9 cm³/mol. The lowest BCUT2D eigenvalue weighted by Crippen LogP contribution is -2.30. The van der Waals surface area contributed by atoms with E-state index >= 15 is 0 Å². The number of nitrogens with one attached hydrogen (secondary N) is 1. The number of ether oxygens (including phenoxy) is 1. The Hall–Kier alpha value is -1.02. The molecule has 2 heteroatoms. The number of methoxy groups -OCH3 is 1. The maximum atomic E-state index is 5.32. The second-order valence-corrected chi connectivity index (χ2v) is 6.06. The van der Waals surface area contributed by atoms with Gasteiger partial charge in [0, 0.05) is 0 Å². The number of hydrogen-bond acceptors (Lipinski definition) is 2. The van der Waals surface area contributed by atoms with Gasteiger partial charge in [0.1, 0.15) is 5.75 Å². The van der Waals surface area contributed by atoms with E-state index in [9.17, 15) is 0 Å². The summed E-state index contributed by atoms with van der Waals surface area (Å²) in [6.45, 7) is 5.73. The fourth-order valence-corrected chi connectivity index (χ4v) is 3.52. The van der Waals surface area contributed by atoms with Crippen molar-refractivity contribution < 1.29 is 4.74 Å². The molecular formula is C17H27NO. The molecule has 3 atom stereocenters. The molecular weight excluding hydrogens is 234 g/mol. The van der Waals surface area contributed by atoms with Gasteiger partial charge in [0.25, 0.3) is 0 Å². The summed E-state index contributed by atoms with van der Waals surface area (Å²) in [6.07, 6.45) is 4.04. The van der Waals surface area contributed by atoms with E-state index < -0.39 is 0 Å². The maximum Gasteiger partial charge on any atom is 0.119 e. The van der Waals surface area contributed by atoms with E-state index in [0.717, 1.165) is 24.1 Å². The van der Waals surface area contributed by atoms with E-state index in [1.54, 1.807) is 7.11 Å². The molecule has 1 aromatic carbocycles. The van der Waals surface area contributed by atoms with Crippen LogP contribution in [0.25, 0.3) is 0 Å². The molecule has 0 bridgehead atoms. The summed E-state index contributed by atoms with van der Waals surface area (Å²) in [7, 11) is 3.80. The van der Waals surface area contributed by atoms with Crippen LogP contribution in [0.4, 0.5) is 0 Å². The Morgan fingerprint density at radius 2 is 2.11 bits per heavy atom. The van der Waals surface area contributed by atoms with Gasteiger partial charge in [0.05, 0.1) is 7.11 Å². The lowest BCUT2D eigenvalue weighted by molar-refractivity contribution is 0.244. The summed E-state index contributed by atoms with van der Waals surface area (Å²) in [6, 6.07) is 6.56. The minimum absolute atomic E-state index is 0.696. The minimum atomic E-state index is 0.696. The molecule has 1 aliphatic rings. The van der Waals surface area contributed by atoms with Crippen molar-refractivity contribution in [2.24, 2.45) is 11.8 Å². The topological polar surface area (TPSA) is 21.3 Å². The molecule has 1 saturated carbocycles. The average Bonchev–Trinajstić information content (AvgIpc) is 2.41. The molecule has 0 spiro atoms.